The minimum atomic E-state index is -2.30. The predicted octanol–water partition coefficient (Wildman–Crippen LogP) is 8.09. The molecule has 36 heavy (non-hydrogen) atoms. The van der Waals surface area contributed by atoms with Crippen LogP contribution in [0, 0.1) is 11.5 Å². The van der Waals surface area contributed by atoms with Gasteiger partial charge >= 0.3 is 0 Å². The van der Waals surface area contributed by atoms with Crippen molar-refractivity contribution < 1.29 is 0 Å². The Morgan fingerprint density at radius 1 is 0.583 bits per heavy atom. The highest BCUT2D eigenvalue weighted by Gasteiger charge is 2.28. The van der Waals surface area contributed by atoms with Gasteiger partial charge in [-0.2, -0.15) is 0 Å². The number of hydrogen-bond donors (Lipinski definition) is 0. The van der Waals surface area contributed by atoms with Gasteiger partial charge in [0.1, 0.15) is 8.07 Å². The summed E-state index contributed by atoms with van der Waals surface area (Å²) in [4.78, 5) is 0. The van der Waals surface area contributed by atoms with E-state index in [4.69, 9.17) is 4.74 Å². The lowest BCUT2D eigenvalue weighted by molar-refractivity contribution is 1.20. The molecule has 0 atom stereocenters. The number of hydrogen-bond acceptors (Lipinski definition) is 1. The summed E-state index contributed by atoms with van der Waals surface area (Å²) in [5.41, 5.74) is 6.03. The Bertz CT molecular complexity index is 1250. The summed E-state index contributed by atoms with van der Waals surface area (Å²) in [6, 6.07) is 44.8. The van der Waals surface area contributed by atoms with Crippen LogP contribution in [0.2, 0.25) is 18.1 Å². The van der Waals surface area contributed by atoms with E-state index in [2.05, 4.69) is 147 Å². The molecule has 0 aliphatic rings. The molecular formula is C33H36NPSi. The highest BCUT2D eigenvalue weighted by molar-refractivity contribution is 7.87. The number of rotatable bonds is 8. The molecule has 4 aromatic carbocycles. The Balaban J connectivity index is 1.96. The summed E-state index contributed by atoms with van der Waals surface area (Å²) in [7, 11) is -3.78. The minimum absolute atomic E-state index is 0.743. The molecule has 0 saturated carbocycles. The van der Waals surface area contributed by atoms with Crippen molar-refractivity contribution in [2.45, 2.75) is 45.3 Å². The van der Waals surface area contributed by atoms with Crippen molar-refractivity contribution in [2.24, 2.45) is 4.74 Å². The predicted molar refractivity (Wildman–Crippen MR) is 162 cm³/mol. The summed E-state index contributed by atoms with van der Waals surface area (Å²) >= 11 is 0. The van der Waals surface area contributed by atoms with Gasteiger partial charge in [-0.15, -0.1) is 11.5 Å². The summed E-state index contributed by atoms with van der Waals surface area (Å²) in [5.74, 6) is 3.60. The molecule has 1 nitrogen and oxygen atoms in total. The van der Waals surface area contributed by atoms with Crippen LogP contribution >= 0.6 is 7.05 Å². The summed E-state index contributed by atoms with van der Waals surface area (Å²) in [6.07, 6.45) is 0.743. The van der Waals surface area contributed by atoms with E-state index < -0.39 is 15.1 Å². The summed E-state index contributed by atoms with van der Waals surface area (Å²) in [6.45, 7) is 6.95. The second-order valence-electron chi connectivity index (χ2n) is 9.19. The maximum Gasteiger partial charge on any atom is 0.137 e. The van der Waals surface area contributed by atoms with Crippen molar-refractivity contribution in [3.8, 4) is 11.5 Å². The molecule has 0 bridgehead atoms. The van der Waals surface area contributed by atoms with E-state index in [1.54, 1.807) is 0 Å². The Morgan fingerprint density at radius 3 is 1.44 bits per heavy atom. The molecule has 0 aromatic heterocycles. The van der Waals surface area contributed by atoms with Crippen LogP contribution in [-0.2, 0) is 6.42 Å². The molecule has 0 unspecified atom stereocenters. The zero-order valence-electron chi connectivity index (χ0n) is 21.7. The highest BCUT2D eigenvalue weighted by Crippen LogP contribution is 2.49. The van der Waals surface area contributed by atoms with Crippen molar-refractivity contribution in [3.05, 3.63) is 121 Å². The van der Waals surface area contributed by atoms with Crippen molar-refractivity contribution in [1.82, 2.24) is 0 Å². The van der Waals surface area contributed by atoms with Crippen LogP contribution in [0.15, 0.2) is 120 Å². The fraction of sp³-hybridized carbons (Fsp3) is 0.212. The van der Waals surface area contributed by atoms with E-state index in [0.717, 1.165) is 12.1 Å². The van der Waals surface area contributed by atoms with Gasteiger partial charge in [0, 0.05) is 22.3 Å². The van der Waals surface area contributed by atoms with Gasteiger partial charge in [-0.05, 0) is 29.8 Å². The largest absolute Gasteiger partial charge is 0.254 e. The monoisotopic (exact) mass is 505 g/mol. The summed E-state index contributed by atoms with van der Waals surface area (Å²) in [5, 5.41) is 3.79. The molecule has 182 valence electrons. The average Bonchev–Trinajstić information content (AvgIpc) is 2.96. The molecule has 0 spiro atoms. The minimum Gasteiger partial charge on any atom is -0.254 e. The maximum absolute atomic E-state index is 5.73. The van der Waals surface area contributed by atoms with Gasteiger partial charge in [0.25, 0.3) is 0 Å². The molecule has 0 fully saturated rings. The third-order valence-electron chi connectivity index (χ3n) is 7.30. The van der Waals surface area contributed by atoms with E-state index >= 15 is 0 Å². The topological polar surface area (TPSA) is 12.4 Å². The molecule has 0 amide bonds. The molecule has 4 rings (SSSR count). The first-order valence-corrected chi connectivity index (χ1v) is 17.4. The van der Waals surface area contributed by atoms with Crippen LogP contribution in [0.25, 0.3) is 0 Å². The average molecular weight is 506 g/mol. The molecule has 0 N–H and O–H groups in total. The van der Waals surface area contributed by atoms with E-state index in [1.807, 2.05) is 0 Å². The van der Waals surface area contributed by atoms with Gasteiger partial charge in [0.05, 0.1) is 12.7 Å². The van der Waals surface area contributed by atoms with Gasteiger partial charge in [-0.3, -0.25) is 4.74 Å². The fourth-order valence-corrected chi connectivity index (χ4v) is 10.9. The maximum atomic E-state index is 5.73. The molecule has 0 radical (unpaired) electrons. The van der Waals surface area contributed by atoms with Gasteiger partial charge in [-0.1, -0.05) is 130 Å². The van der Waals surface area contributed by atoms with Crippen LogP contribution in [0.3, 0.4) is 0 Å². The van der Waals surface area contributed by atoms with Crippen molar-refractivity contribution in [2.75, 3.05) is 0 Å². The quantitative estimate of drug-likeness (QED) is 0.130. The van der Waals surface area contributed by atoms with Crippen molar-refractivity contribution >= 4 is 36.7 Å². The summed E-state index contributed by atoms with van der Waals surface area (Å²) < 4.78 is 5.73. The molecule has 4 aromatic rings. The molecule has 3 heteroatoms. The van der Waals surface area contributed by atoms with Gasteiger partial charge < -0.3 is 0 Å². The van der Waals surface area contributed by atoms with Crippen molar-refractivity contribution in [3.63, 3.8) is 0 Å². The third-order valence-corrected chi connectivity index (χ3v) is 15.7. The second kappa shape index (κ2) is 12.2. The van der Waals surface area contributed by atoms with Crippen molar-refractivity contribution in [1.29, 1.82) is 0 Å². The molecule has 0 aliphatic heterocycles. The van der Waals surface area contributed by atoms with Crippen LogP contribution in [0.1, 0.15) is 26.3 Å². The lowest BCUT2D eigenvalue weighted by Gasteiger charge is -2.27. The van der Waals surface area contributed by atoms with E-state index in [9.17, 15) is 0 Å². The Labute approximate surface area is 218 Å². The van der Waals surface area contributed by atoms with Crippen LogP contribution in [0.4, 0.5) is 5.69 Å². The van der Waals surface area contributed by atoms with Gasteiger partial charge in [0.15, 0.2) is 0 Å². The number of nitrogens with zero attached hydrogens (tertiary/aromatic N) is 1. The second-order valence-corrected chi connectivity index (χ2v) is 17.1. The van der Waals surface area contributed by atoms with Gasteiger partial charge in [-0.25, -0.2) is 0 Å². The van der Waals surface area contributed by atoms with Crippen LogP contribution < -0.4 is 15.9 Å². The van der Waals surface area contributed by atoms with E-state index in [1.165, 1.54) is 39.6 Å². The molecular weight excluding hydrogens is 469 g/mol. The van der Waals surface area contributed by atoms with Crippen LogP contribution in [0.5, 0.6) is 0 Å². The molecule has 0 saturated heterocycles. The van der Waals surface area contributed by atoms with Gasteiger partial charge in [0.2, 0.25) is 0 Å². The Morgan fingerprint density at radius 2 is 1.00 bits per heavy atom. The lowest BCUT2D eigenvalue weighted by atomic mass is 10.1. The molecule has 0 aliphatic carbocycles. The third kappa shape index (κ3) is 5.49. The zero-order chi connectivity index (χ0) is 25.3. The van der Waals surface area contributed by atoms with E-state index in [0.29, 0.717) is 0 Å². The smallest absolute Gasteiger partial charge is 0.137 e. The first kappa shape index (κ1) is 26.0. The fourth-order valence-electron chi connectivity index (χ4n) is 4.81. The lowest BCUT2D eigenvalue weighted by Crippen LogP contribution is -2.29. The first-order valence-electron chi connectivity index (χ1n) is 13.0. The highest BCUT2D eigenvalue weighted by atomic mass is 31.2. The first-order chi connectivity index (χ1) is 17.7. The normalized spacial score (nSPS) is 11.4. The standard InChI is InChI=1S/C33H36NPSi/c1-4-36(5-2,6-3)28-18-20-29-19-16-17-27-33(29)34-35(30-21-10-7-11-22-30,31-23-12-8-13-24-31)32-25-14-9-15-26-32/h7-17,19,21-27H,4-6,20H2,1-3H3. The molecule has 0 heterocycles. The Hall–Kier alpha value is -3.11. The zero-order valence-corrected chi connectivity index (χ0v) is 23.6. The SMILES string of the molecule is CC[Si](C#CCc1ccccc1N=P(c1ccccc1)(c1ccccc1)c1ccccc1)(CC)CC. The van der Waals surface area contributed by atoms with E-state index in [-0.39, 0.29) is 0 Å². The number of benzene rings is 4. The van der Waals surface area contributed by atoms with Crippen LogP contribution in [-0.4, -0.2) is 8.07 Å². The Kier molecular flexibility index (Phi) is 8.82.